The second kappa shape index (κ2) is 8.42. The molecule has 0 fully saturated rings. The normalized spacial score (nSPS) is 16.8. The van der Waals surface area contributed by atoms with E-state index in [0.29, 0.717) is 46.3 Å². The van der Waals surface area contributed by atoms with Gasteiger partial charge in [-0.2, -0.15) is 0 Å². The molecule has 7 nitrogen and oxygen atoms in total. The fourth-order valence-electron chi connectivity index (χ4n) is 4.01. The standard InChI is InChI=1S/C16H11ClN2O3.C8H6ClNO/c17-8-1-2-9-11(15(20)19-14(9)5-8)6-13-10-3-4-22-16(21)12(10)7-18-13;9-6-2-1-5-3-8(11)10-7(5)4-6/h1-2,5-7,18H,3-4H2,(H,19,20);1-2,4H,3H2,(H,10,11). The van der Waals surface area contributed by atoms with Crippen molar-refractivity contribution in [1.29, 1.82) is 0 Å². The van der Waals surface area contributed by atoms with Crippen LogP contribution in [0.2, 0.25) is 10.0 Å². The Bertz CT molecular complexity index is 1360. The molecular weight excluding hydrogens is 465 g/mol. The number of halogens is 2. The van der Waals surface area contributed by atoms with E-state index in [-0.39, 0.29) is 17.8 Å². The lowest BCUT2D eigenvalue weighted by Crippen LogP contribution is -2.16. The van der Waals surface area contributed by atoms with E-state index in [1.165, 1.54) is 0 Å². The number of benzene rings is 2. The van der Waals surface area contributed by atoms with Gasteiger partial charge in [0.2, 0.25) is 5.91 Å². The smallest absolute Gasteiger partial charge is 0.339 e. The summed E-state index contributed by atoms with van der Waals surface area (Å²) in [5, 5.41) is 6.74. The number of carbonyl (C=O) groups excluding carboxylic acids is 3. The lowest BCUT2D eigenvalue weighted by Gasteiger charge is -2.12. The summed E-state index contributed by atoms with van der Waals surface area (Å²) >= 11 is 11.7. The molecule has 6 rings (SSSR count). The van der Waals surface area contributed by atoms with E-state index < -0.39 is 0 Å². The summed E-state index contributed by atoms with van der Waals surface area (Å²) in [6, 6.07) is 10.7. The highest BCUT2D eigenvalue weighted by molar-refractivity contribution is 6.36. The molecule has 3 aliphatic heterocycles. The number of nitrogens with one attached hydrogen (secondary N) is 3. The minimum atomic E-state index is -0.329. The van der Waals surface area contributed by atoms with Crippen molar-refractivity contribution in [1.82, 2.24) is 4.98 Å². The molecule has 0 aliphatic carbocycles. The van der Waals surface area contributed by atoms with Gasteiger partial charge in [0.1, 0.15) is 0 Å². The van der Waals surface area contributed by atoms with E-state index in [4.69, 9.17) is 27.9 Å². The molecule has 1 aromatic heterocycles. The first-order valence-electron chi connectivity index (χ1n) is 10.2. The van der Waals surface area contributed by atoms with Crippen LogP contribution >= 0.6 is 23.2 Å². The Morgan fingerprint density at radius 1 is 0.909 bits per heavy atom. The molecule has 9 heteroatoms. The van der Waals surface area contributed by atoms with Gasteiger partial charge in [-0.15, -0.1) is 0 Å². The predicted molar refractivity (Wildman–Crippen MR) is 127 cm³/mol. The molecule has 3 aromatic rings. The average Bonchev–Trinajstić information content (AvgIpc) is 3.44. The molecule has 0 saturated heterocycles. The van der Waals surface area contributed by atoms with Gasteiger partial charge in [-0.25, -0.2) is 4.79 Å². The van der Waals surface area contributed by atoms with Crippen LogP contribution in [0, 0.1) is 0 Å². The Hall–Kier alpha value is -3.55. The van der Waals surface area contributed by atoms with Gasteiger partial charge in [0.15, 0.2) is 0 Å². The maximum absolute atomic E-state index is 12.2. The molecule has 33 heavy (non-hydrogen) atoms. The highest BCUT2D eigenvalue weighted by Crippen LogP contribution is 2.35. The van der Waals surface area contributed by atoms with Crippen molar-refractivity contribution in [3.8, 4) is 0 Å². The lowest BCUT2D eigenvalue weighted by molar-refractivity contribution is -0.115. The van der Waals surface area contributed by atoms with Gasteiger partial charge < -0.3 is 20.4 Å². The Balaban J connectivity index is 0.000000174. The van der Waals surface area contributed by atoms with Crippen molar-refractivity contribution < 1.29 is 19.1 Å². The molecule has 4 heterocycles. The molecule has 2 aromatic carbocycles. The number of esters is 1. The molecule has 3 N–H and O–H groups in total. The van der Waals surface area contributed by atoms with Crippen LogP contribution in [0.3, 0.4) is 0 Å². The van der Waals surface area contributed by atoms with Crippen molar-refractivity contribution in [2.24, 2.45) is 0 Å². The van der Waals surface area contributed by atoms with E-state index in [2.05, 4.69) is 15.6 Å². The highest BCUT2D eigenvalue weighted by atomic mass is 35.5. The molecule has 0 atom stereocenters. The molecule has 0 spiro atoms. The number of H-pyrrole nitrogens is 1. The first kappa shape index (κ1) is 21.3. The second-order valence-electron chi connectivity index (χ2n) is 7.71. The van der Waals surface area contributed by atoms with Crippen LogP contribution in [0.5, 0.6) is 0 Å². The third-order valence-electron chi connectivity index (χ3n) is 5.58. The molecule has 0 radical (unpaired) electrons. The minimum Gasteiger partial charge on any atom is -0.462 e. The zero-order valence-corrected chi connectivity index (χ0v) is 18.6. The van der Waals surface area contributed by atoms with Gasteiger partial charge >= 0.3 is 5.97 Å². The number of cyclic esters (lactones) is 1. The van der Waals surface area contributed by atoms with E-state index in [9.17, 15) is 14.4 Å². The number of ether oxygens (including phenoxy) is 1. The second-order valence-corrected chi connectivity index (χ2v) is 8.58. The number of rotatable bonds is 1. The van der Waals surface area contributed by atoms with Crippen molar-refractivity contribution in [3.63, 3.8) is 0 Å². The number of hydrogen-bond donors (Lipinski definition) is 3. The SMILES string of the molecule is O=C1Cc2ccc(Cl)cc2N1.O=C1Nc2cc(Cl)ccc2C1=Cc1[nH]cc2c1CCOC2=O. The summed E-state index contributed by atoms with van der Waals surface area (Å²) in [4.78, 5) is 37.8. The number of aromatic amines is 1. The van der Waals surface area contributed by atoms with Crippen LogP contribution in [-0.4, -0.2) is 29.4 Å². The molecule has 0 bridgehead atoms. The van der Waals surface area contributed by atoms with Crippen LogP contribution in [0.4, 0.5) is 11.4 Å². The summed E-state index contributed by atoms with van der Waals surface area (Å²) in [5.74, 6) is -0.466. The van der Waals surface area contributed by atoms with Crippen molar-refractivity contribution in [2.75, 3.05) is 17.2 Å². The maximum Gasteiger partial charge on any atom is 0.339 e. The zero-order chi connectivity index (χ0) is 23.1. The quantitative estimate of drug-likeness (QED) is 0.346. The van der Waals surface area contributed by atoms with E-state index >= 15 is 0 Å². The lowest BCUT2D eigenvalue weighted by atomic mass is 10.0. The molecular formula is C24H17Cl2N3O4. The van der Waals surface area contributed by atoms with Crippen LogP contribution in [0.15, 0.2) is 42.6 Å². The van der Waals surface area contributed by atoms with Crippen LogP contribution < -0.4 is 10.6 Å². The topological polar surface area (TPSA) is 100 Å². The molecule has 3 aliphatic rings. The number of anilines is 2. The van der Waals surface area contributed by atoms with E-state index in [1.807, 2.05) is 12.1 Å². The van der Waals surface area contributed by atoms with Gasteiger partial charge in [0.25, 0.3) is 5.91 Å². The Morgan fingerprint density at radius 2 is 1.67 bits per heavy atom. The Kier molecular flexibility index (Phi) is 5.44. The zero-order valence-electron chi connectivity index (χ0n) is 17.1. The third-order valence-corrected chi connectivity index (χ3v) is 6.05. The third kappa shape index (κ3) is 4.13. The van der Waals surface area contributed by atoms with Crippen LogP contribution in [0.25, 0.3) is 11.6 Å². The summed E-state index contributed by atoms with van der Waals surface area (Å²) in [6.45, 7) is 0.359. The van der Waals surface area contributed by atoms with Gasteiger partial charge in [-0.3, -0.25) is 9.59 Å². The predicted octanol–water partition coefficient (Wildman–Crippen LogP) is 4.71. The van der Waals surface area contributed by atoms with Crippen molar-refractivity contribution in [3.05, 3.63) is 80.6 Å². The fourth-order valence-corrected chi connectivity index (χ4v) is 4.36. The van der Waals surface area contributed by atoms with Crippen molar-refractivity contribution >= 4 is 64.0 Å². The van der Waals surface area contributed by atoms with Gasteiger partial charge in [-0.1, -0.05) is 35.3 Å². The van der Waals surface area contributed by atoms with Gasteiger partial charge in [-0.05, 0) is 41.5 Å². The molecule has 166 valence electrons. The number of amides is 2. The summed E-state index contributed by atoms with van der Waals surface area (Å²) in [5.41, 5.74) is 6.11. The largest absolute Gasteiger partial charge is 0.462 e. The minimum absolute atomic E-state index is 0.0438. The number of hydrogen-bond acceptors (Lipinski definition) is 4. The summed E-state index contributed by atoms with van der Waals surface area (Å²) < 4.78 is 5.00. The number of aromatic nitrogens is 1. The summed E-state index contributed by atoms with van der Waals surface area (Å²) in [6.07, 6.45) is 4.51. The molecule has 2 amide bonds. The first-order chi connectivity index (χ1) is 15.9. The highest BCUT2D eigenvalue weighted by Gasteiger charge is 2.27. The van der Waals surface area contributed by atoms with Crippen LogP contribution in [0.1, 0.15) is 32.7 Å². The van der Waals surface area contributed by atoms with Crippen LogP contribution in [-0.2, 0) is 27.2 Å². The fraction of sp³-hybridized carbons (Fsp3) is 0.125. The number of fused-ring (bicyclic) bond motifs is 3. The van der Waals surface area contributed by atoms with Crippen molar-refractivity contribution in [2.45, 2.75) is 12.8 Å². The maximum atomic E-state index is 12.2. The van der Waals surface area contributed by atoms with Gasteiger partial charge in [0, 0.05) is 39.6 Å². The first-order valence-corrected chi connectivity index (χ1v) is 10.9. The van der Waals surface area contributed by atoms with E-state index in [0.717, 1.165) is 28.1 Å². The average molecular weight is 482 g/mol. The Morgan fingerprint density at radius 3 is 2.48 bits per heavy atom. The van der Waals surface area contributed by atoms with Gasteiger partial charge in [0.05, 0.1) is 29.9 Å². The van der Waals surface area contributed by atoms with E-state index in [1.54, 1.807) is 36.5 Å². The monoisotopic (exact) mass is 481 g/mol. The Labute approximate surface area is 198 Å². The molecule has 0 saturated carbocycles. The summed E-state index contributed by atoms with van der Waals surface area (Å²) in [7, 11) is 0. The molecule has 0 unspecified atom stereocenters. The number of carbonyl (C=O) groups is 3.